The van der Waals surface area contributed by atoms with E-state index in [1.807, 2.05) is 35.7 Å². The Hall–Kier alpha value is -2.82. The highest BCUT2D eigenvalue weighted by Gasteiger charge is 2.20. The third-order valence-electron chi connectivity index (χ3n) is 3.99. The minimum absolute atomic E-state index is 0.0735. The number of oxime groups is 1. The van der Waals surface area contributed by atoms with Crippen molar-refractivity contribution in [3.05, 3.63) is 64.2 Å². The fraction of sp³-hybridized carbons (Fsp3) is 0.211. The standard InChI is InChI=1S/C19H21N5O3S2/c1-3-27-24-19(20)14-9-10-17(29(25,26)21-2)15(22-14)11-18-23-16(12-28-18)13-7-5-4-6-8-13/h4-10,12,21H,3,11H2,1-2H3,(H2,20,24). The molecule has 8 nitrogen and oxygen atoms in total. The van der Waals surface area contributed by atoms with Crippen LogP contribution in [0.3, 0.4) is 0 Å². The molecule has 2 aromatic heterocycles. The van der Waals surface area contributed by atoms with Gasteiger partial charge in [-0.05, 0) is 26.1 Å². The molecule has 0 saturated carbocycles. The van der Waals surface area contributed by atoms with E-state index in [0.717, 1.165) is 16.3 Å². The van der Waals surface area contributed by atoms with Gasteiger partial charge in [-0.25, -0.2) is 23.1 Å². The van der Waals surface area contributed by atoms with Gasteiger partial charge in [0.25, 0.3) is 0 Å². The molecule has 0 saturated heterocycles. The van der Waals surface area contributed by atoms with E-state index in [-0.39, 0.29) is 17.2 Å². The minimum Gasteiger partial charge on any atom is -0.394 e. The predicted molar refractivity (Wildman–Crippen MR) is 113 cm³/mol. The topological polar surface area (TPSA) is 120 Å². The number of benzene rings is 1. The molecular formula is C19H21N5O3S2. The van der Waals surface area contributed by atoms with E-state index in [2.05, 4.69) is 19.8 Å². The number of amidine groups is 1. The first-order valence-electron chi connectivity index (χ1n) is 8.83. The summed E-state index contributed by atoms with van der Waals surface area (Å²) in [6.07, 6.45) is 0.240. The number of nitrogens with one attached hydrogen (secondary N) is 1. The highest BCUT2D eigenvalue weighted by molar-refractivity contribution is 7.89. The van der Waals surface area contributed by atoms with Crippen LogP contribution in [0.25, 0.3) is 11.3 Å². The van der Waals surface area contributed by atoms with Crippen LogP contribution < -0.4 is 10.5 Å². The van der Waals surface area contributed by atoms with E-state index in [1.165, 1.54) is 30.5 Å². The first-order chi connectivity index (χ1) is 13.9. The number of nitrogens with zero attached hydrogens (tertiary/aromatic N) is 3. The molecule has 0 aliphatic heterocycles. The number of aromatic nitrogens is 2. The van der Waals surface area contributed by atoms with Crippen molar-refractivity contribution < 1.29 is 13.3 Å². The number of rotatable bonds is 8. The molecule has 1 aromatic carbocycles. The Morgan fingerprint density at radius 2 is 1.97 bits per heavy atom. The molecule has 152 valence electrons. The van der Waals surface area contributed by atoms with Crippen LogP contribution in [0.1, 0.15) is 23.3 Å². The van der Waals surface area contributed by atoms with Gasteiger partial charge < -0.3 is 10.6 Å². The van der Waals surface area contributed by atoms with Crippen LogP contribution in [0.15, 0.2) is 57.9 Å². The molecule has 0 aliphatic rings. The molecule has 0 fully saturated rings. The fourth-order valence-corrected chi connectivity index (χ4v) is 4.27. The van der Waals surface area contributed by atoms with E-state index in [1.54, 1.807) is 6.92 Å². The van der Waals surface area contributed by atoms with Gasteiger partial charge in [0.05, 0.1) is 16.4 Å². The van der Waals surface area contributed by atoms with Gasteiger partial charge in [0, 0.05) is 17.4 Å². The second kappa shape index (κ2) is 9.12. The van der Waals surface area contributed by atoms with Gasteiger partial charge in [-0.15, -0.1) is 11.3 Å². The van der Waals surface area contributed by atoms with Crippen molar-refractivity contribution in [3.63, 3.8) is 0 Å². The molecule has 0 unspecified atom stereocenters. The Bertz CT molecular complexity index is 1110. The van der Waals surface area contributed by atoms with Crippen LogP contribution in [-0.4, -0.2) is 37.9 Å². The van der Waals surface area contributed by atoms with Crippen molar-refractivity contribution in [2.75, 3.05) is 13.7 Å². The summed E-state index contributed by atoms with van der Waals surface area (Å²) >= 11 is 1.44. The maximum Gasteiger partial charge on any atom is 0.242 e. The van der Waals surface area contributed by atoms with Gasteiger partial charge in [0.15, 0.2) is 5.84 Å². The highest BCUT2D eigenvalue weighted by Crippen LogP contribution is 2.25. The van der Waals surface area contributed by atoms with Crippen LogP contribution >= 0.6 is 11.3 Å². The normalized spacial score (nSPS) is 12.1. The molecule has 10 heteroatoms. The zero-order valence-corrected chi connectivity index (χ0v) is 17.6. The SMILES string of the molecule is CCO/N=C(\N)c1ccc(S(=O)(=O)NC)c(Cc2nc(-c3ccccc3)cs2)n1. The minimum atomic E-state index is -3.70. The number of nitrogens with two attached hydrogens (primary N) is 1. The fourth-order valence-electron chi connectivity index (χ4n) is 2.57. The van der Waals surface area contributed by atoms with Gasteiger partial charge >= 0.3 is 0 Å². The average Bonchev–Trinajstić information content (AvgIpc) is 3.21. The second-order valence-corrected chi connectivity index (χ2v) is 8.71. The summed E-state index contributed by atoms with van der Waals surface area (Å²) in [7, 11) is -2.35. The van der Waals surface area contributed by atoms with E-state index >= 15 is 0 Å². The maximum atomic E-state index is 12.4. The average molecular weight is 432 g/mol. The number of hydrogen-bond acceptors (Lipinski definition) is 7. The summed E-state index contributed by atoms with van der Waals surface area (Å²) in [6.45, 7) is 2.15. The van der Waals surface area contributed by atoms with Gasteiger partial charge in [-0.3, -0.25) is 0 Å². The molecule has 3 rings (SSSR count). The van der Waals surface area contributed by atoms with E-state index in [4.69, 9.17) is 10.6 Å². The Morgan fingerprint density at radius 3 is 2.66 bits per heavy atom. The number of sulfonamides is 1. The Labute approximate surface area is 173 Å². The Balaban J connectivity index is 1.99. The van der Waals surface area contributed by atoms with E-state index in [9.17, 15) is 8.42 Å². The predicted octanol–water partition coefficient (Wildman–Crippen LogP) is 2.36. The van der Waals surface area contributed by atoms with Gasteiger partial charge in [-0.1, -0.05) is 35.5 Å². The lowest BCUT2D eigenvalue weighted by atomic mass is 10.2. The van der Waals surface area contributed by atoms with Crippen molar-refractivity contribution in [3.8, 4) is 11.3 Å². The van der Waals surface area contributed by atoms with Crippen molar-refractivity contribution >= 4 is 27.2 Å². The van der Waals surface area contributed by atoms with Crippen molar-refractivity contribution in [1.82, 2.24) is 14.7 Å². The third kappa shape index (κ3) is 4.97. The number of thiazole rings is 1. The molecule has 0 atom stereocenters. The Kier molecular flexibility index (Phi) is 6.57. The van der Waals surface area contributed by atoms with Crippen LogP contribution in [0.5, 0.6) is 0 Å². The van der Waals surface area contributed by atoms with Crippen molar-refractivity contribution in [2.24, 2.45) is 10.9 Å². The van der Waals surface area contributed by atoms with Crippen LogP contribution in [0, 0.1) is 0 Å². The molecular weight excluding hydrogens is 410 g/mol. The van der Waals surface area contributed by atoms with E-state index < -0.39 is 10.0 Å². The largest absolute Gasteiger partial charge is 0.394 e. The lowest BCUT2D eigenvalue weighted by Crippen LogP contribution is -2.23. The molecule has 2 heterocycles. The first kappa shape index (κ1) is 20.9. The maximum absolute atomic E-state index is 12.4. The second-order valence-electron chi connectivity index (χ2n) is 5.91. The summed E-state index contributed by atoms with van der Waals surface area (Å²) < 4.78 is 27.2. The van der Waals surface area contributed by atoms with Gasteiger partial charge in [0.1, 0.15) is 17.2 Å². The lowest BCUT2D eigenvalue weighted by molar-refractivity contribution is 0.158. The summed E-state index contributed by atoms with van der Waals surface area (Å²) in [5.41, 5.74) is 8.39. The summed E-state index contributed by atoms with van der Waals surface area (Å²) in [6, 6.07) is 12.7. The van der Waals surface area contributed by atoms with Crippen LogP contribution in [0.4, 0.5) is 0 Å². The number of pyridine rings is 1. The molecule has 0 bridgehead atoms. The summed E-state index contributed by atoms with van der Waals surface area (Å²) in [5.74, 6) is 0.0746. The van der Waals surface area contributed by atoms with Crippen LogP contribution in [0.2, 0.25) is 0 Å². The Morgan fingerprint density at radius 1 is 1.21 bits per heavy atom. The molecule has 3 aromatic rings. The molecule has 29 heavy (non-hydrogen) atoms. The van der Waals surface area contributed by atoms with E-state index in [0.29, 0.717) is 18.0 Å². The zero-order valence-electron chi connectivity index (χ0n) is 16.0. The zero-order chi connectivity index (χ0) is 20.9. The lowest BCUT2D eigenvalue weighted by Gasteiger charge is -2.10. The number of hydrogen-bond donors (Lipinski definition) is 2. The quantitative estimate of drug-likeness (QED) is 0.321. The first-order valence-corrected chi connectivity index (χ1v) is 11.2. The molecule has 0 spiro atoms. The van der Waals surface area contributed by atoms with Gasteiger partial charge in [-0.2, -0.15) is 0 Å². The van der Waals surface area contributed by atoms with Crippen molar-refractivity contribution in [2.45, 2.75) is 18.2 Å². The molecule has 0 aliphatic carbocycles. The summed E-state index contributed by atoms with van der Waals surface area (Å²) in [5, 5.41) is 6.44. The van der Waals surface area contributed by atoms with Crippen molar-refractivity contribution in [1.29, 1.82) is 0 Å². The molecule has 0 radical (unpaired) electrons. The highest BCUT2D eigenvalue weighted by atomic mass is 32.2. The monoisotopic (exact) mass is 431 g/mol. The third-order valence-corrected chi connectivity index (χ3v) is 6.32. The van der Waals surface area contributed by atoms with Gasteiger partial charge in [0.2, 0.25) is 10.0 Å². The smallest absolute Gasteiger partial charge is 0.242 e. The molecule has 3 N–H and O–H groups in total. The summed E-state index contributed by atoms with van der Waals surface area (Å²) in [4.78, 5) is 14.1. The molecule has 0 amide bonds. The van der Waals surface area contributed by atoms with Crippen LogP contribution in [-0.2, 0) is 21.3 Å².